The van der Waals surface area contributed by atoms with Gasteiger partial charge in [0.15, 0.2) is 0 Å². The molecule has 0 bridgehead atoms. The molecule has 0 saturated carbocycles. The van der Waals surface area contributed by atoms with E-state index in [1.165, 1.54) is 11.1 Å². The van der Waals surface area contributed by atoms with Gasteiger partial charge in [-0.3, -0.25) is 0 Å². The molecule has 18 heavy (non-hydrogen) atoms. The average Bonchev–Trinajstić information content (AvgIpc) is 2.30. The standard InChI is InChI=1S/C15H14BrNO/c16-14-7-2-1-6-13(14)15(9-18-10-15)11-4-3-5-12(17)8-11/h1-8H,9-10,17H2. The van der Waals surface area contributed by atoms with Crippen molar-refractivity contribution in [3.63, 3.8) is 0 Å². The van der Waals surface area contributed by atoms with Crippen LogP contribution in [0.2, 0.25) is 0 Å². The van der Waals surface area contributed by atoms with Crippen LogP contribution in [0.3, 0.4) is 0 Å². The Hall–Kier alpha value is -1.32. The summed E-state index contributed by atoms with van der Waals surface area (Å²) in [7, 11) is 0. The third-order valence-electron chi connectivity index (χ3n) is 3.53. The monoisotopic (exact) mass is 303 g/mol. The molecular weight excluding hydrogens is 290 g/mol. The SMILES string of the molecule is Nc1cccc(C2(c3ccccc3Br)COC2)c1. The highest BCUT2D eigenvalue weighted by molar-refractivity contribution is 9.10. The Morgan fingerprint density at radius 1 is 1.06 bits per heavy atom. The summed E-state index contributed by atoms with van der Waals surface area (Å²) in [6.07, 6.45) is 0. The van der Waals surface area contributed by atoms with Gasteiger partial charge in [-0.2, -0.15) is 0 Å². The first-order valence-electron chi connectivity index (χ1n) is 5.91. The van der Waals surface area contributed by atoms with Crippen molar-refractivity contribution in [2.45, 2.75) is 5.41 Å². The van der Waals surface area contributed by atoms with Crippen LogP contribution in [-0.4, -0.2) is 13.2 Å². The molecule has 2 aromatic rings. The lowest BCUT2D eigenvalue weighted by molar-refractivity contribution is -0.0382. The van der Waals surface area contributed by atoms with Crippen molar-refractivity contribution >= 4 is 21.6 Å². The zero-order chi connectivity index (χ0) is 12.6. The van der Waals surface area contributed by atoms with Crippen LogP contribution in [0.5, 0.6) is 0 Å². The van der Waals surface area contributed by atoms with Gasteiger partial charge in [-0.15, -0.1) is 0 Å². The van der Waals surface area contributed by atoms with Crippen molar-refractivity contribution in [3.8, 4) is 0 Å². The maximum absolute atomic E-state index is 5.90. The number of anilines is 1. The van der Waals surface area contributed by atoms with Gasteiger partial charge >= 0.3 is 0 Å². The number of nitrogens with two attached hydrogens (primary N) is 1. The van der Waals surface area contributed by atoms with Gasteiger partial charge in [0, 0.05) is 10.2 Å². The second-order valence-electron chi connectivity index (χ2n) is 4.68. The summed E-state index contributed by atoms with van der Waals surface area (Å²) in [6, 6.07) is 16.4. The third-order valence-corrected chi connectivity index (χ3v) is 4.22. The van der Waals surface area contributed by atoms with E-state index < -0.39 is 0 Å². The first-order valence-corrected chi connectivity index (χ1v) is 6.70. The molecule has 0 atom stereocenters. The van der Waals surface area contributed by atoms with Crippen LogP contribution in [0, 0.1) is 0 Å². The van der Waals surface area contributed by atoms with Gasteiger partial charge in [0.1, 0.15) is 0 Å². The summed E-state index contributed by atoms with van der Waals surface area (Å²) in [6.45, 7) is 1.41. The molecular formula is C15H14BrNO. The van der Waals surface area contributed by atoms with E-state index in [1.54, 1.807) is 0 Å². The molecule has 2 N–H and O–H groups in total. The molecule has 0 aliphatic carbocycles. The molecule has 2 aromatic carbocycles. The lowest BCUT2D eigenvalue weighted by Gasteiger charge is -2.43. The van der Waals surface area contributed by atoms with Crippen LogP contribution < -0.4 is 5.73 Å². The number of halogens is 1. The van der Waals surface area contributed by atoms with Gasteiger partial charge in [-0.1, -0.05) is 46.3 Å². The minimum absolute atomic E-state index is 0.0600. The molecule has 3 heteroatoms. The molecule has 1 heterocycles. The number of benzene rings is 2. The molecule has 1 aliphatic rings. The van der Waals surface area contributed by atoms with Crippen LogP contribution in [0.15, 0.2) is 53.0 Å². The Morgan fingerprint density at radius 2 is 1.83 bits per heavy atom. The number of ether oxygens (including phenoxy) is 1. The van der Waals surface area contributed by atoms with E-state index >= 15 is 0 Å². The van der Waals surface area contributed by atoms with Crippen molar-refractivity contribution in [1.29, 1.82) is 0 Å². The normalized spacial score (nSPS) is 17.2. The Balaban J connectivity index is 2.14. The highest BCUT2D eigenvalue weighted by atomic mass is 79.9. The largest absolute Gasteiger partial charge is 0.399 e. The molecule has 0 amide bonds. The van der Waals surface area contributed by atoms with Gasteiger partial charge in [-0.25, -0.2) is 0 Å². The number of nitrogen functional groups attached to an aromatic ring is 1. The molecule has 0 aromatic heterocycles. The minimum atomic E-state index is -0.0600. The van der Waals surface area contributed by atoms with Crippen LogP contribution >= 0.6 is 15.9 Å². The third kappa shape index (κ3) is 1.74. The molecule has 1 saturated heterocycles. The minimum Gasteiger partial charge on any atom is -0.399 e. The molecule has 1 fully saturated rings. The van der Waals surface area contributed by atoms with E-state index in [0.29, 0.717) is 13.2 Å². The second-order valence-corrected chi connectivity index (χ2v) is 5.53. The van der Waals surface area contributed by atoms with Gasteiger partial charge in [-0.05, 0) is 29.3 Å². The van der Waals surface area contributed by atoms with E-state index in [2.05, 4.69) is 40.2 Å². The topological polar surface area (TPSA) is 35.2 Å². The Labute approximate surface area is 115 Å². The fraction of sp³-hybridized carbons (Fsp3) is 0.200. The summed E-state index contributed by atoms with van der Waals surface area (Å²) in [4.78, 5) is 0. The maximum Gasteiger partial charge on any atom is 0.0681 e. The first kappa shape index (κ1) is 11.8. The summed E-state index contributed by atoms with van der Waals surface area (Å²) < 4.78 is 6.60. The number of rotatable bonds is 2. The zero-order valence-electron chi connectivity index (χ0n) is 9.90. The number of hydrogen-bond acceptors (Lipinski definition) is 2. The molecule has 0 spiro atoms. The van der Waals surface area contributed by atoms with Crippen LogP contribution in [0.1, 0.15) is 11.1 Å². The van der Waals surface area contributed by atoms with E-state index in [1.807, 2.05) is 24.3 Å². The van der Waals surface area contributed by atoms with E-state index in [0.717, 1.165) is 10.2 Å². The lowest BCUT2D eigenvalue weighted by Crippen LogP contribution is -2.47. The van der Waals surface area contributed by atoms with E-state index in [-0.39, 0.29) is 5.41 Å². The molecule has 2 nitrogen and oxygen atoms in total. The van der Waals surface area contributed by atoms with Crippen molar-refractivity contribution in [2.24, 2.45) is 0 Å². The summed E-state index contributed by atoms with van der Waals surface area (Å²) in [5.41, 5.74) is 9.12. The fourth-order valence-corrected chi connectivity index (χ4v) is 3.13. The van der Waals surface area contributed by atoms with Gasteiger partial charge in [0.05, 0.1) is 18.6 Å². The summed E-state index contributed by atoms with van der Waals surface area (Å²) in [5.74, 6) is 0. The fourth-order valence-electron chi connectivity index (χ4n) is 2.47. The molecule has 0 radical (unpaired) electrons. The quantitative estimate of drug-likeness (QED) is 0.864. The second kappa shape index (κ2) is 4.41. The van der Waals surface area contributed by atoms with Crippen molar-refractivity contribution in [3.05, 3.63) is 64.1 Å². The van der Waals surface area contributed by atoms with Crippen molar-refractivity contribution in [1.82, 2.24) is 0 Å². The zero-order valence-corrected chi connectivity index (χ0v) is 11.5. The van der Waals surface area contributed by atoms with E-state index in [9.17, 15) is 0 Å². The molecule has 1 aliphatic heterocycles. The van der Waals surface area contributed by atoms with Gasteiger partial charge in [0.2, 0.25) is 0 Å². The Bertz CT molecular complexity index is 578. The Morgan fingerprint density at radius 3 is 2.44 bits per heavy atom. The van der Waals surface area contributed by atoms with Crippen molar-refractivity contribution < 1.29 is 4.74 Å². The summed E-state index contributed by atoms with van der Waals surface area (Å²) >= 11 is 3.64. The predicted octanol–water partition coefficient (Wildman–Crippen LogP) is 3.35. The smallest absolute Gasteiger partial charge is 0.0681 e. The molecule has 3 rings (SSSR count). The average molecular weight is 304 g/mol. The lowest BCUT2D eigenvalue weighted by atomic mass is 9.73. The van der Waals surface area contributed by atoms with Gasteiger partial charge in [0.25, 0.3) is 0 Å². The van der Waals surface area contributed by atoms with E-state index in [4.69, 9.17) is 10.5 Å². The Kier molecular flexibility index (Phi) is 2.88. The maximum atomic E-state index is 5.90. The first-order chi connectivity index (χ1) is 8.72. The van der Waals surface area contributed by atoms with Crippen molar-refractivity contribution in [2.75, 3.05) is 18.9 Å². The molecule has 0 unspecified atom stereocenters. The van der Waals surface area contributed by atoms with Crippen LogP contribution in [0.4, 0.5) is 5.69 Å². The van der Waals surface area contributed by atoms with Gasteiger partial charge < -0.3 is 10.5 Å². The van der Waals surface area contributed by atoms with Crippen LogP contribution in [-0.2, 0) is 10.2 Å². The predicted molar refractivity (Wildman–Crippen MR) is 76.6 cm³/mol. The molecule has 92 valence electrons. The highest BCUT2D eigenvalue weighted by Crippen LogP contribution is 2.42. The highest BCUT2D eigenvalue weighted by Gasteiger charge is 2.43. The number of hydrogen-bond donors (Lipinski definition) is 1. The summed E-state index contributed by atoms with van der Waals surface area (Å²) in [5, 5.41) is 0. The van der Waals surface area contributed by atoms with Crippen LogP contribution in [0.25, 0.3) is 0 Å².